The standard InChI is InChI=1S/C19H13Cl2N3O4/c1-27-19(26)16(12-5-4-6-13(20)15(12)21)28-18(25)11-9-23-17(24-10-11)14-7-2-3-8-22-14/h2-10,16H,1H3. The monoisotopic (exact) mass is 417 g/mol. The van der Waals surface area contributed by atoms with E-state index in [1.54, 1.807) is 36.5 Å². The summed E-state index contributed by atoms with van der Waals surface area (Å²) in [6.45, 7) is 0. The summed E-state index contributed by atoms with van der Waals surface area (Å²) >= 11 is 12.1. The average Bonchev–Trinajstić information content (AvgIpc) is 2.74. The van der Waals surface area contributed by atoms with Crippen LogP contribution in [0.5, 0.6) is 0 Å². The molecule has 1 atom stereocenters. The molecule has 1 unspecified atom stereocenters. The Morgan fingerprint density at radius 3 is 2.39 bits per heavy atom. The molecule has 0 aliphatic carbocycles. The highest BCUT2D eigenvalue weighted by molar-refractivity contribution is 6.42. The Kier molecular flexibility index (Phi) is 6.18. The molecule has 142 valence electrons. The van der Waals surface area contributed by atoms with Crippen LogP contribution in [0.25, 0.3) is 11.5 Å². The number of methoxy groups -OCH3 is 1. The third-order valence-corrected chi connectivity index (χ3v) is 4.52. The van der Waals surface area contributed by atoms with E-state index >= 15 is 0 Å². The second-order valence-corrected chi connectivity index (χ2v) is 6.25. The van der Waals surface area contributed by atoms with Gasteiger partial charge in [-0.1, -0.05) is 41.4 Å². The van der Waals surface area contributed by atoms with Crippen LogP contribution in [0.15, 0.2) is 55.0 Å². The summed E-state index contributed by atoms with van der Waals surface area (Å²) in [6.07, 6.45) is 2.79. The lowest BCUT2D eigenvalue weighted by Gasteiger charge is -2.17. The number of nitrogens with zero attached hydrogens (tertiary/aromatic N) is 3. The zero-order chi connectivity index (χ0) is 20.1. The molecule has 0 spiro atoms. The summed E-state index contributed by atoms with van der Waals surface area (Å²) in [6, 6.07) is 9.95. The van der Waals surface area contributed by atoms with Crippen LogP contribution in [0.2, 0.25) is 10.0 Å². The van der Waals surface area contributed by atoms with Crippen LogP contribution in [-0.4, -0.2) is 34.0 Å². The van der Waals surface area contributed by atoms with E-state index in [-0.39, 0.29) is 21.2 Å². The first-order valence-corrected chi connectivity index (χ1v) is 8.73. The minimum Gasteiger partial charge on any atom is -0.466 e. The van der Waals surface area contributed by atoms with Gasteiger partial charge in [-0.05, 0) is 18.2 Å². The number of carbonyl (C=O) groups is 2. The van der Waals surface area contributed by atoms with Crippen LogP contribution >= 0.6 is 23.2 Å². The zero-order valence-electron chi connectivity index (χ0n) is 14.5. The highest BCUT2D eigenvalue weighted by Gasteiger charge is 2.29. The van der Waals surface area contributed by atoms with Crippen LogP contribution < -0.4 is 0 Å². The number of hydrogen-bond acceptors (Lipinski definition) is 7. The van der Waals surface area contributed by atoms with E-state index < -0.39 is 18.0 Å². The Labute approximate surface area is 170 Å². The molecular weight excluding hydrogens is 405 g/mol. The Hall–Kier alpha value is -3.03. The molecule has 2 heterocycles. The minimum absolute atomic E-state index is 0.0479. The molecule has 0 bridgehead atoms. The highest BCUT2D eigenvalue weighted by Crippen LogP contribution is 2.32. The third-order valence-electron chi connectivity index (χ3n) is 3.69. The quantitative estimate of drug-likeness (QED) is 0.580. The lowest BCUT2D eigenvalue weighted by atomic mass is 10.1. The molecular formula is C19H13Cl2N3O4. The molecule has 0 aliphatic heterocycles. The Balaban J connectivity index is 1.84. The van der Waals surface area contributed by atoms with Crippen molar-refractivity contribution in [2.75, 3.05) is 7.11 Å². The Morgan fingerprint density at radius 2 is 1.75 bits per heavy atom. The zero-order valence-corrected chi connectivity index (χ0v) is 16.0. The van der Waals surface area contributed by atoms with Crippen LogP contribution in [0.4, 0.5) is 0 Å². The fraction of sp³-hybridized carbons (Fsp3) is 0.105. The molecule has 0 fully saturated rings. The predicted molar refractivity (Wildman–Crippen MR) is 102 cm³/mol. The van der Waals surface area contributed by atoms with Crippen molar-refractivity contribution in [1.82, 2.24) is 15.0 Å². The van der Waals surface area contributed by atoms with Gasteiger partial charge in [0.1, 0.15) is 5.69 Å². The van der Waals surface area contributed by atoms with Gasteiger partial charge in [0.05, 0.1) is 22.7 Å². The van der Waals surface area contributed by atoms with Gasteiger partial charge in [-0.3, -0.25) is 4.98 Å². The number of halogens is 2. The van der Waals surface area contributed by atoms with Gasteiger partial charge in [0.2, 0.25) is 6.10 Å². The van der Waals surface area contributed by atoms with E-state index in [1.807, 2.05) is 0 Å². The topological polar surface area (TPSA) is 91.3 Å². The van der Waals surface area contributed by atoms with Gasteiger partial charge >= 0.3 is 11.9 Å². The van der Waals surface area contributed by atoms with Crippen molar-refractivity contribution in [3.8, 4) is 11.5 Å². The molecule has 0 amide bonds. The van der Waals surface area contributed by atoms with Gasteiger partial charge in [-0.25, -0.2) is 19.6 Å². The van der Waals surface area contributed by atoms with E-state index in [4.69, 9.17) is 32.7 Å². The molecule has 0 saturated heterocycles. The summed E-state index contributed by atoms with van der Waals surface area (Å²) in [5.41, 5.74) is 0.813. The van der Waals surface area contributed by atoms with E-state index in [0.29, 0.717) is 11.5 Å². The SMILES string of the molecule is COC(=O)C(OC(=O)c1cnc(-c2ccccn2)nc1)c1cccc(Cl)c1Cl. The molecule has 7 nitrogen and oxygen atoms in total. The maximum absolute atomic E-state index is 12.5. The van der Waals surface area contributed by atoms with Crippen molar-refractivity contribution in [2.24, 2.45) is 0 Å². The van der Waals surface area contributed by atoms with Crippen LogP contribution in [0.3, 0.4) is 0 Å². The Bertz CT molecular complexity index is 998. The van der Waals surface area contributed by atoms with Gasteiger partial charge in [-0.2, -0.15) is 0 Å². The minimum atomic E-state index is -1.39. The molecule has 0 N–H and O–H groups in total. The molecule has 1 aromatic carbocycles. The van der Waals surface area contributed by atoms with Gasteiger partial charge < -0.3 is 9.47 Å². The average molecular weight is 418 g/mol. The molecule has 3 rings (SSSR count). The summed E-state index contributed by atoms with van der Waals surface area (Å²) in [5.74, 6) is -1.28. The molecule has 9 heteroatoms. The summed E-state index contributed by atoms with van der Waals surface area (Å²) in [7, 11) is 1.17. The van der Waals surface area contributed by atoms with Crippen molar-refractivity contribution >= 4 is 35.1 Å². The molecule has 0 radical (unpaired) electrons. The number of esters is 2. The number of aromatic nitrogens is 3. The number of rotatable bonds is 5. The highest BCUT2D eigenvalue weighted by atomic mass is 35.5. The van der Waals surface area contributed by atoms with Gasteiger partial charge in [-0.15, -0.1) is 0 Å². The lowest BCUT2D eigenvalue weighted by molar-refractivity contribution is -0.151. The van der Waals surface area contributed by atoms with Gasteiger partial charge in [0.25, 0.3) is 0 Å². The number of ether oxygens (including phenoxy) is 2. The smallest absolute Gasteiger partial charge is 0.352 e. The summed E-state index contributed by atoms with van der Waals surface area (Å²) in [4.78, 5) is 37.0. The van der Waals surface area contributed by atoms with Crippen molar-refractivity contribution in [2.45, 2.75) is 6.10 Å². The summed E-state index contributed by atoms with van der Waals surface area (Å²) in [5, 5.41) is 0.307. The lowest BCUT2D eigenvalue weighted by Crippen LogP contribution is -2.22. The fourth-order valence-electron chi connectivity index (χ4n) is 2.30. The maximum Gasteiger partial charge on any atom is 0.352 e. The first-order chi connectivity index (χ1) is 13.5. The first kappa shape index (κ1) is 19.7. The predicted octanol–water partition coefficient (Wildman–Crippen LogP) is 3.92. The van der Waals surface area contributed by atoms with Crippen molar-refractivity contribution in [3.63, 3.8) is 0 Å². The van der Waals surface area contributed by atoms with Crippen molar-refractivity contribution in [3.05, 3.63) is 76.2 Å². The molecule has 28 heavy (non-hydrogen) atoms. The van der Waals surface area contributed by atoms with Gasteiger partial charge in [0.15, 0.2) is 5.82 Å². The largest absolute Gasteiger partial charge is 0.466 e. The normalized spacial score (nSPS) is 11.5. The number of pyridine rings is 1. The number of benzene rings is 1. The molecule has 0 saturated carbocycles. The number of hydrogen-bond donors (Lipinski definition) is 0. The second kappa shape index (κ2) is 8.77. The van der Waals surface area contributed by atoms with Crippen molar-refractivity contribution < 1.29 is 19.1 Å². The Morgan fingerprint density at radius 1 is 1.00 bits per heavy atom. The third kappa shape index (κ3) is 4.27. The van der Waals surface area contributed by atoms with Crippen molar-refractivity contribution in [1.29, 1.82) is 0 Å². The maximum atomic E-state index is 12.5. The number of carbonyl (C=O) groups excluding carboxylic acids is 2. The van der Waals surface area contributed by atoms with Gasteiger partial charge in [0, 0.05) is 24.2 Å². The molecule has 0 aliphatic rings. The fourth-order valence-corrected chi connectivity index (χ4v) is 2.71. The molecule has 3 aromatic rings. The van der Waals surface area contributed by atoms with E-state index in [2.05, 4.69) is 15.0 Å². The molecule has 2 aromatic heterocycles. The summed E-state index contributed by atoms with van der Waals surface area (Å²) < 4.78 is 10.0. The van der Waals surface area contributed by atoms with E-state index in [0.717, 1.165) is 0 Å². The second-order valence-electron chi connectivity index (χ2n) is 5.46. The van der Waals surface area contributed by atoms with E-state index in [9.17, 15) is 9.59 Å². The van der Waals surface area contributed by atoms with Crippen LogP contribution in [0, 0.1) is 0 Å². The van der Waals surface area contributed by atoms with Crippen LogP contribution in [0.1, 0.15) is 22.0 Å². The first-order valence-electron chi connectivity index (χ1n) is 7.97. The van der Waals surface area contributed by atoms with E-state index in [1.165, 1.54) is 25.6 Å². The van der Waals surface area contributed by atoms with Crippen LogP contribution in [-0.2, 0) is 14.3 Å².